The van der Waals surface area contributed by atoms with E-state index in [2.05, 4.69) is 13.0 Å². The molecule has 0 saturated carbocycles. The summed E-state index contributed by atoms with van der Waals surface area (Å²) in [6.45, 7) is 2.96. The summed E-state index contributed by atoms with van der Waals surface area (Å²) in [6, 6.07) is 6.15. The highest BCUT2D eigenvalue weighted by atomic mass is 32.2. The van der Waals surface area contributed by atoms with Gasteiger partial charge in [-0.15, -0.1) is 0 Å². The molecule has 3 rings (SSSR count). The molecule has 2 aliphatic heterocycles. The second kappa shape index (κ2) is 3.67. The van der Waals surface area contributed by atoms with Crippen LogP contribution in [0.3, 0.4) is 0 Å². The summed E-state index contributed by atoms with van der Waals surface area (Å²) in [7, 11) is 0. The van der Waals surface area contributed by atoms with E-state index in [4.69, 9.17) is 4.74 Å². The van der Waals surface area contributed by atoms with Crippen LogP contribution in [-0.4, -0.2) is 22.7 Å². The van der Waals surface area contributed by atoms with Crippen molar-refractivity contribution in [1.82, 2.24) is 0 Å². The molecule has 1 aromatic carbocycles. The smallest absolute Gasteiger partial charge is 0.122 e. The molecule has 2 heterocycles. The van der Waals surface area contributed by atoms with Crippen LogP contribution >= 0.6 is 11.8 Å². The van der Waals surface area contributed by atoms with Crippen molar-refractivity contribution in [3.8, 4) is 5.75 Å². The molecule has 2 atom stereocenters. The Balaban J connectivity index is 1.95. The second-order valence-electron chi connectivity index (χ2n) is 4.78. The summed E-state index contributed by atoms with van der Waals surface area (Å²) < 4.78 is 5.48. The van der Waals surface area contributed by atoms with Crippen molar-refractivity contribution in [2.45, 2.75) is 30.6 Å². The van der Waals surface area contributed by atoms with Gasteiger partial charge in [-0.05, 0) is 29.7 Å². The number of hydrogen-bond donors (Lipinski definition) is 1. The largest absolute Gasteiger partial charge is 0.493 e. The Kier molecular flexibility index (Phi) is 2.41. The lowest BCUT2D eigenvalue weighted by molar-refractivity contribution is 0.0611. The third-order valence-electron chi connectivity index (χ3n) is 3.46. The van der Waals surface area contributed by atoms with Crippen molar-refractivity contribution < 1.29 is 9.84 Å². The second-order valence-corrected chi connectivity index (χ2v) is 6.21. The monoisotopic (exact) mass is 236 g/mol. The van der Waals surface area contributed by atoms with E-state index in [0.717, 1.165) is 36.5 Å². The molecule has 0 spiro atoms. The average Bonchev–Trinajstić information content (AvgIpc) is 2.84. The minimum Gasteiger partial charge on any atom is -0.493 e. The molecule has 0 aromatic heterocycles. The Bertz CT molecular complexity index is 418. The number of thioether (sulfide) groups is 1. The van der Waals surface area contributed by atoms with Gasteiger partial charge in [0.25, 0.3) is 0 Å². The summed E-state index contributed by atoms with van der Waals surface area (Å²) >= 11 is 1.85. The lowest BCUT2D eigenvalue weighted by atomic mass is 9.90. The fourth-order valence-electron chi connectivity index (χ4n) is 2.55. The SMILES string of the molecule is CC1CC(O)(c2ccc3c(c2)CCO3)CS1. The van der Waals surface area contributed by atoms with Crippen LogP contribution in [0, 0.1) is 0 Å². The molecule has 1 aromatic rings. The molecular weight excluding hydrogens is 220 g/mol. The third-order valence-corrected chi connectivity index (χ3v) is 4.84. The molecule has 0 aliphatic carbocycles. The first-order valence-corrected chi connectivity index (χ1v) is 6.82. The van der Waals surface area contributed by atoms with Gasteiger partial charge in [-0.1, -0.05) is 13.0 Å². The summed E-state index contributed by atoms with van der Waals surface area (Å²) in [5, 5.41) is 11.2. The molecular formula is C13H16O2S. The normalized spacial score (nSPS) is 32.5. The van der Waals surface area contributed by atoms with Crippen LogP contribution < -0.4 is 4.74 Å². The van der Waals surface area contributed by atoms with Gasteiger partial charge in [0.1, 0.15) is 5.75 Å². The van der Waals surface area contributed by atoms with Crippen molar-refractivity contribution in [1.29, 1.82) is 0 Å². The van der Waals surface area contributed by atoms with Crippen molar-refractivity contribution >= 4 is 11.8 Å². The van der Waals surface area contributed by atoms with Gasteiger partial charge in [0, 0.05) is 17.4 Å². The summed E-state index contributed by atoms with van der Waals surface area (Å²) in [4.78, 5) is 0. The molecule has 0 amide bonds. The van der Waals surface area contributed by atoms with Gasteiger partial charge < -0.3 is 9.84 Å². The zero-order valence-corrected chi connectivity index (χ0v) is 10.2. The molecule has 2 unspecified atom stereocenters. The van der Waals surface area contributed by atoms with E-state index in [-0.39, 0.29) is 0 Å². The number of rotatable bonds is 1. The molecule has 1 fully saturated rings. The Morgan fingerprint density at radius 2 is 2.38 bits per heavy atom. The van der Waals surface area contributed by atoms with Crippen LogP contribution in [0.1, 0.15) is 24.5 Å². The van der Waals surface area contributed by atoms with Crippen molar-refractivity contribution in [3.05, 3.63) is 29.3 Å². The standard InChI is InChI=1S/C13H16O2S/c1-9-7-13(14,8-16-9)11-2-3-12-10(6-11)4-5-15-12/h2-3,6,9,14H,4-5,7-8H2,1H3. The van der Waals surface area contributed by atoms with Crippen LogP contribution in [0.2, 0.25) is 0 Å². The Morgan fingerprint density at radius 3 is 3.12 bits per heavy atom. The van der Waals surface area contributed by atoms with Gasteiger partial charge in [-0.25, -0.2) is 0 Å². The first kappa shape index (κ1) is 10.5. The highest BCUT2D eigenvalue weighted by Crippen LogP contribution is 2.42. The summed E-state index contributed by atoms with van der Waals surface area (Å²) in [5.41, 5.74) is 1.69. The molecule has 2 nitrogen and oxygen atoms in total. The molecule has 3 heteroatoms. The number of fused-ring (bicyclic) bond motifs is 1. The molecule has 0 radical (unpaired) electrons. The predicted octanol–water partition coefficient (Wildman–Crippen LogP) is 2.33. The summed E-state index contributed by atoms with van der Waals surface area (Å²) in [5.74, 6) is 1.81. The molecule has 16 heavy (non-hydrogen) atoms. The minimum absolute atomic E-state index is 0.550. The van der Waals surface area contributed by atoms with Gasteiger partial charge >= 0.3 is 0 Å². The third kappa shape index (κ3) is 1.62. The maximum Gasteiger partial charge on any atom is 0.122 e. The zero-order chi connectivity index (χ0) is 11.2. The Labute approximate surface area is 100 Å². The highest BCUT2D eigenvalue weighted by molar-refractivity contribution is 8.00. The fraction of sp³-hybridized carbons (Fsp3) is 0.538. The van der Waals surface area contributed by atoms with Gasteiger partial charge in [0.05, 0.1) is 12.2 Å². The van der Waals surface area contributed by atoms with E-state index in [9.17, 15) is 5.11 Å². The average molecular weight is 236 g/mol. The molecule has 1 N–H and O–H groups in total. The van der Waals surface area contributed by atoms with Gasteiger partial charge in [0.2, 0.25) is 0 Å². The lowest BCUT2D eigenvalue weighted by Crippen LogP contribution is -2.25. The van der Waals surface area contributed by atoms with Crippen molar-refractivity contribution in [2.24, 2.45) is 0 Å². The molecule has 86 valence electrons. The van der Waals surface area contributed by atoms with E-state index in [1.165, 1.54) is 5.56 Å². The van der Waals surface area contributed by atoms with Crippen LogP contribution in [0.25, 0.3) is 0 Å². The Hall–Kier alpha value is -0.670. The van der Waals surface area contributed by atoms with E-state index in [0.29, 0.717) is 5.25 Å². The van der Waals surface area contributed by atoms with Crippen LogP contribution in [-0.2, 0) is 12.0 Å². The molecule has 2 aliphatic rings. The van der Waals surface area contributed by atoms with Crippen LogP contribution in [0.5, 0.6) is 5.75 Å². The van der Waals surface area contributed by atoms with Crippen molar-refractivity contribution in [2.75, 3.05) is 12.4 Å². The zero-order valence-electron chi connectivity index (χ0n) is 9.40. The first-order valence-electron chi connectivity index (χ1n) is 5.78. The highest BCUT2D eigenvalue weighted by Gasteiger charge is 2.38. The quantitative estimate of drug-likeness (QED) is 0.811. The first-order chi connectivity index (χ1) is 7.67. The minimum atomic E-state index is -0.623. The van der Waals surface area contributed by atoms with E-state index >= 15 is 0 Å². The number of benzene rings is 1. The van der Waals surface area contributed by atoms with Gasteiger partial charge in [-0.2, -0.15) is 11.8 Å². The van der Waals surface area contributed by atoms with Gasteiger partial charge in [0.15, 0.2) is 0 Å². The number of aliphatic hydroxyl groups is 1. The molecule has 0 bridgehead atoms. The van der Waals surface area contributed by atoms with E-state index in [1.807, 2.05) is 23.9 Å². The lowest BCUT2D eigenvalue weighted by Gasteiger charge is -2.22. The maximum atomic E-state index is 10.6. The van der Waals surface area contributed by atoms with Gasteiger partial charge in [-0.3, -0.25) is 0 Å². The molecule has 1 saturated heterocycles. The Morgan fingerprint density at radius 1 is 1.50 bits per heavy atom. The van der Waals surface area contributed by atoms with Crippen molar-refractivity contribution in [3.63, 3.8) is 0 Å². The predicted molar refractivity (Wildman–Crippen MR) is 66.1 cm³/mol. The number of ether oxygens (including phenoxy) is 1. The van der Waals surface area contributed by atoms with Crippen LogP contribution in [0.15, 0.2) is 18.2 Å². The fourth-order valence-corrected chi connectivity index (χ4v) is 3.79. The van der Waals surface area contributed by atoms with E-state index in [1.54, 1.807) is 0 Å². The summed E-state index contributed by atoms with van der Waals surface area (Å²) in [6.07, 6.45) is 1.83. The topological polar surface area (TPSA) is 29.5 Å². The number of hydrogen-bond acceptors (Lipinski definition) is 3. The maximum absolute atomic E-state index is 10.6. The van der Waals surface area contributed by atoms with E-state index < -0.39 is 5.60 Å². The van der Waals surface area contributed by atoms with Crippen LogP contribution in [0.4, 0.5) is 0 Å².